The molecule has 2 heterocycles. The van der Waals surface area contributed by atoms with Gasteiger partial charge in [0.15, 0.2) is 0 Å². The van der Waals surface area contributed by atoms with E-state index in [1.54, 1.807) is 12.3 Å². The normalized spacial score (nSPS) is 27.7. The highest BCUT2D eigenvalue weighted by atomic mass is 19.1. The Kier molecular flexibility index (Phi) is 4.32. The molecule has 0 bridgehead atoms. The molecular weight excluding hydrogens is 253 g/mol. The molecule has 110 valence electrons. The summed E-state index contributed by atoms with van der Waals surface area (Å²) in [6.45, 7) is 5.22. The number of nitrogens with zero attached hydrogens (tertiary/aromatic N) is 2. The first-order chi connectivity index (χ1) is 9.76. The summed E-state index contributed by atoms with van der Waals surface area (Å²) < 4.78 is 13.3. The first-order valence-electron chi connectivity index (χ1n) is 7.83. The summed E-state index contributed by atoms with van der Waals surface area (Å²) in [5.74, 6) is 0.609. The molecule has 2 unspecified atom stereocenters. The second-order valence-electron chi connectivity index (χ2n) is 6.24. The smallest absolute Gasteiger partial charge is 0.141 e. The Hall–Kier alpha value is -1.00. The Balaban J connectivity index is 1.68. The van der Waals surface area contributed by atoms with Crippen molar-refractivity contribution in [2.75, 3.05) is 13.1 Å². The van der Waals surface area contributed by atoms with Crippen molar-refractivity contribution in [3.8, 4) is 0 Å². The van der Waals surface area contributed by atoms with Crippen LogP contribution in [0.25, 0.3) is 0 Å². The maximum atomic E-state index is 13.3. The summed E-state index contributed by atoms with van der Waals surface area (Å²) in [5, 5.41) is 3.69. The number of piperazine rings is 1. The Morgan fingerprint density at radius 1 is 1.40 bits per heavy atom. The van der Waals surface area contributed by atoms with Crippen molar-refractivity contribution in [3.63, 3.8) is 0 Å². The Morgan fingerprint density at radius 2 is 2.25 bits per heavy atom. The monoisotopic (exact) mass is 277 g/mol. The van der Waals surface area contributed by atoms with Crippen molar-refractivity contribution < 1.29 is 4.39 Å². The van der Waals surface area contributed by atoms with E-state index in [-0.39, 0.29) is 5.82 Å². The van der Waals surface area contributed by atoms with Crippen LogP contribution >= 0.6 is 0 Å². The van der Waals surface area contributed by atoms with E-state index in [9.17, 15) is 4.39 Å². The van der Waals surface area contributed by atoms with Gasteiger partial charge in [-0.05, 0) is 36.8 Å². The third-order valence-corrected chi connectivity index (χ3v) is 4.49. The van der Waals surface area contributed by atoms with Crippen molar-refractivity contribution >= 4 is 0 Å². The predicted molar refractivity (Wildman–Crippen MR) is 77.8 cm³/mol. The number of aromatic nitrogens is 1. The lowest BCUT2D eigenvalue weighted by Gasteiger charge is -2.41. The standard InChI is InChI=1S/C16H24FN3/c1-2-3-15-11-20(16(9-19-15)13-4-5-13)10-12-6-14(17)8-18-7-12/h6-8,13,15-16,19H,2-5,9-11H2,1H3. The summed E-state index contributed by atoms with van der Waals surface area (Å²) in [6, 6.07) is 2.82. The van der Waals surface area contributed by atoms with Gasteiger partial charge in [0.25, 0.3) is 0 Å². The van der Waals surface area contributed by atoms with Crippen molar-refractivity contribution in [1.29, 1.82) is 0 Å². The van der Waals surface area contributed by atoms with Crippen molar-refractivity contribution in [2.45, 2.75) is 51.2 Å². The van der Waals surface area contributed by atoms with Crippen LogP contribution in [-0.2, 0) is 6.54 Å². The lowest BCUT2D eigenvalue weighted by molar-refractivity contribution is 0.104. The minimum absolute atomic E-state index is 0.231. The van der Waals surface area contributed by atoms with Crippen molar-refractivity contribution in [3.05, 3.63) is 29.8 Å². The van der Waals surface area contributed by atoms with Crippen LogP contribution in [0.1, 0.15) is 38.2 Å². The minimum atomic E-state index is -0.231. The number of hydrogen-bond donors (Lipinski definition) is 1. The van der Waals surface area contributed by atoms with Crippen LogP contribution in [0.3, 0.4) is 0 Å². The predicted octanol–water partition coefficient (Wildman–Crippen LogP) is 2.57. The van der Waals surface area contributed by atoms with Crippen LogP contribution in [0, 0.1) is 11.7 Å². The van der Waals surface area contributed by atoms with E-state index in [2.05, 4.69) is 22.1 Å². The second-order valence-corrected chi connectivity index (χ2v) is 6.24. The molecule has 0 spiro atoms. The fraction of sp³-hybridized carbons (Fsp3) is 0.688. The summed E-state index contributed by atoms with van der Waals surface area (Å²) in [5.41, 5.74) is 0.993. The molecule has 0 aromatic carbocycles. The number of hydrogen-bond acceptors (Lipinski definition) is 3. The molecule has 4 heteroatoms. The Labute approximate surface area is 120 Å². The molecule has 3 nitrogen and oxygen atoms in total. The fourth-order valence-corrected chi connectivity index (χ4v) is 3.35. The molecule has 20 heavy (non-hydrogen) atoms. The van der Waals surface area contributed by atoms with E-state index in [1.165, 1.54) is 31.9 Å². The first-order valence-corrected chi connectivity index (χ1v) is 7.83. The first kappa shape index (κ1) is 14.0. The van der Waals surface area contributed by atoms with E-state index in [1.807, 2.05) is 0 Å². The molecule has 2 fully saturated rings. The fourth-order valence-electron chi connectivity index (χ4n) is 3.35. The van der Waals surface area contributed by atoms with Crippen LogP contribution in [0.15, 0.2) is 18.5 Å². The van der Waals surface area contributed by atoms with Gasteiger partial charge in [-0.15, -0.1) is 0 Å². The van der Waals surface area contributed by atoms with E-state index < -0.39 is 0 Å². The van der Waals surface area contributed by atoms with Crippen molar-refractivity contribution in [1.82, 2.24) is 15.2 Å². The Morgan fingerprint density at radius 3 is 2.95 bits per heavy atom. The van der Waals surface area contributed by atoms with Gasteiger partial charge in [0.1, 0.15) is 5.82 Å². The molecule has 1 N–H and O–H groups in total. The minimum Gasteiger partial charge on any atom is -0.311 e. The van der Waals surface area contributed by atoms with Crippen molar-refractivity contribution in [2.24, 2.45) is 5.92 Å². The number of halogens is 1. The van der Waals surface area contributed by atoms with Crippen LogP contribution < -0.4 is 5.32 Å². The molecular formula is C16H24FN3. The maximum absolute atomic E-state index is 13.3. The molecule has 1 saturated carbocycles. The number of nitrogens with one attached hydrogen (secondary N) is 1. The topological polar surface area (TPSA) is 28.2 Å². The quantitative estimate of drug-likeness (QED) is 0.896. The van der Waals surface area contributed by atoms with Crippen LogP contribution in [-0.4, -0.2) is 35.1 Å². The van der Waals surface area contributed by atoms with Gasteiger partial charge in [-0.3, -0.25) is 9.88 Å². The lowest BCUT2D eigenvalue weighted by Crippen LogP contribution is -2.56. The third-order valence-electron chi connectivity index (χ3n) is 4.49. The molecule has 1 aliphatic heterocycles. The van der Waals surface area contributed by atoms with Crippen LogP contribution in [0.4, 0.5) is 4.39 Å². The largest absolute Gasteiger partial charge is 0.311 e. The van der Waals surface area contributed by atoms with Gasteiger partial charge in [0.2, 0.25) is 0 Å². The molecule has 1 aliphatic carbocycles. The number of rotatable bonds is 5. The van der Waals surface area contributed by atoms with Gasteiger partial charge in [-0.1, -0.05) is 13.3 Å². The summed E-state index contributed by atoms with van der Waals surface area (Å²) in [6.07, 6.45) is 8.20. The van der Waals surface area contributed by atoms with Crippen LogP contribution in [0.5, 0.6) is 0 Å². The van der Waals surface area contributed by atoms with Gasteiger partial charge in [-0.2, -0.15) is 0 Å². The number of pyridine rings is 1. The van der Waals surface area contributed by atoms with E-state index >= 15 is 0 Å². The molecule has 0 amide bonds. The van der Waals surface area contributed by atoms with Gasteiger partial charge in [-0.25, -0.2) is 4.39 Å². The van der Waals surface area contributed by atoms with Gasteiger partial charge in [0.05, 0.1) is 6.20 Å². The molecule has 1 aromatic heterocycles. The van der Waals surface area contributed by atoms with Gasteiger partial charge in [0, 0.05) is 37.9 Å². The molecule has 2 atom stereocenters. The lowest BCUT2D eigenvalue weighted by atomic mass is 10.0. The summed E-state index contributed by atoms with van der Waals surface area (Å²) in [7, 11) is 0. The average Bonchev–Trinajstić information content (AvgIpc) is 3.24. The highest BCUT2D eigenvalue weighted by Crippen LogP contribution is 2.37. The molecule has 1 aromatic rings. The highest BCUT2D eigenvalue weighted by Gasteiger charge is 2.38. The SMILES string of the molecule is CCCC1CN(Cc2cncc(F)c2)C(C2CC2)CN1. The molecule has 2 aliphatic rings. The van der Waals surface area contributed by atoms with Gasteiger partial charge < -0.3 is 5.32 Å². The van der Waals surface area contributed by atoms with Gasteiger partial charge >= 0.3 is 0 Å². The average molecular weight is 277 g/mol. The zero-order chi connectivity index (χ0) is 13.9. The molecule has 3 rings (SSSR count). The third kappa shape index (κ3) is 3.36. The summed E-state index contributed by atoms with van der Waals surface area (Å²) >= 11 is 0. The van der Waals surface area contributed by atoms with E-state index in [0.717, 1.165) is 31.1 Å². The van der Waals surface area contributed by atoms with E-state index in [4.69, 9.17) is 0 Å². The Bertz CT molecular complexity index is 447. The zero-order valence-electron chi connectivity index (χ0n) is 12.2. The van der Waals surface area contributed by atoms with Crippen LogP contribution in [0.2, 0.25) is 0 Å². The van der Waals surface area contributed by atoms with E-state index in [0.29, 0.717) is 12.1 Å². The summed E-state index contributed by atoms with van der Waals surface area (Å²) in [4.78, 5) is 6.52. The maximum Gasteiger partial charge on any atom is 0.141 e. The second kappa shape index (κ2) is 6.19. The zero-order valence-corrected chi connectivity index (χ0v) is 12.2. The molecule has 0 radical (unpaired) electrons. The molecule has 1 saturated heterocycles. The highest BCUT2D eigenvalue weighted by molar-refractivity contribution is 5.11.